The third kappa shape index (κ3) is 1.44. The van der Waals surface area contributed by atoms with Crippen molar-refractivity contribution < 1.29 is 5.11 Å². The van der Waals surface area contributed by atoms with Gasteiger partial charge in [-0.1, -0.05) is 30.4 Å². The summed E-state index contributed by atoms with van der Waals surface area (Å²) in [7, 11) is 2.03. The van der Waals surface area contributed by atoms with Crippen molar-refractivity contribution in [2.45, 2.75) is 0 Å². The molecule has 1 aromatic heterocycles. The van der Waals surface area contributed by atoms with E-state index in [1.807, 2.05) is 25.4 Å². The minimum absolute atomic E-state index is 0.0841. The Morgan fingerprint density at radius 1 is 1.36 bits per heavy atom. The lowest BCUT2D eigenvalue weighted by Crippen LogP contribution is -1.87. The van der Waals surface area contributed by atoms with Gasteiger partial charge >= 0.3 is 0 Å². The minimum Gasteiger partial charge on any atom is -0.392 e. The van der Waals surface area contributed by atoms with Crippen LogP contribution >= 0.6 is 0 Å². The highest BCUT2D eigenvalue weighted by molar-refractivity contribution is 5.88. The Balaban J connectivity index is 2.63. The van der Waals surface area contributed by atoms with Crippen LogP contribution in [0.15, 0.2) is 36.5 Å². The molecule has 0 aliphatic rings. The Labute approximate surface area is 83.1 Å². The molecule has 1 aromatic carbocycles. The summed E-state index contributed by atoms with van der Waals surface area (Å²) < 4.78 is 2.09. The van der Waals surface area contributed by atoms with Crippen molar-refractivity contribution in [1.82, 2.24) is 4.57 Å². The minimum atomic E-state index is 0.0841. The highest BCUT2D eigenvalue weighted by atomic mass is 16.2. The lowest BCUT2D eigenvalue weighted by atomic mass is 10.1. The normalized spacial score (nSPS) is 11.6. The van der Waals surface area contributed by atoms with E-state index in [4.69, 9.17) is 5.11 Å². The van der Waals surface area contributed by atoms with Gasteiger partial charge in [0.25, 0.3) is 0 Å². The molecule has 2 rings (SSSR count). The highest BCUT2D eigenvalue weighted by Gasteiger charge is 2.00. The van der Waals surface area contributed by atoms with Crippen LogP contribution in [0, 0.1) is 0 Å². The van der Waals surface area contributed by atoms with Crippen molar-refractivity contribution in [3.63, 3.8) is 0 Å². The second-order valence-electron chi connectivity index (χ2n) is 3.30. The first-order valence-electron chi connectivity index (χ1n) is 4.64. The average Bonchev–Trinajstić information content (AvgIpc) is 2.58. The molecule has 2 heteroatoms. The Hall–Kier alpha value is -1.54. The second kappa shape index (κ2) is 3.68. The van der Waals surface area contributed by atoms with Crippen LogP contribution in [0.1, 0.15) is 5.56 Å². The van der Waals surface area contributed by atoms with Crippen LogP contribution in [0.4, 0.5) is 0 Å². The topological polar surface area (TPSA) is 25.2 Å². The zero-order valence-electron chi connectivity index (χ0n) is 8.14. The third-order valence-electron chi connectivity index (χ3n) is 2.33. The predicted molar refractivity (Wildman–Crippen MR) is 59.0 cm³/mol. The molecule has 0 spiro atoms. The summed E-state index contributed by atoms with van der Waals surface area (Å²) in [5.74, 6) is 0. The third-order valence-corrected chi connectivity index (χ3v) is 2.33. The second-order valence-corrected chi connectivity index (χ2v) is 3.30. The number of aliphatic hydroxyl groups is 1. The van der Waals surface area contributed by atoms with Crippen molar-refractivity contribution in [2.75, 3.05) is 6.61 Å². The first kappa shape index (κ1) is 9.03. The number of fused-ring (bicyclic) bond motifs is 1. The quantitative estimate of drug-likeness (QED) is 0.766. The number of aliphatic hydroxyl groups excluding tert-OH is 1. The van der Waals surface area contributed by atoms with Gasteiger partial charge in [-0.2, -0.15) is 0 Å². The summed E-state index contributed by atoms with van der Waals surface area (Å²) in [5, 5.41) is 9.96. The summed E-state index contributed by atoms with van der Waals surface area (Å²) in [6.07, 6.45) is 5.74. The molecule has 0 aliphatic carbocycles. The molecule has 1 N–H and O–H groups in total. The van der Waals surface area contributed by atoms with Crippen LogP contribution in [0.25, 0.3) is 17.0 Å². The highest BCUT2D eigenvalue weighted by Crippen LogP contribution is 2.20. The van der Waals surface area contributed by atoms with Gasteiger partial charge in [0.1, 0.15) is 0 Å². The van der Waals surface area contributed by atoms with E-state index in [0.717, 1.165) is 5.56 Å². The molecule has 0 aliphatic heterocycles. The zero-order chi connectivity index (χ0) is 9.97. The largest absolute Gasteiger partial charge is 0.392 e. The van der Waals surface area contributed by atoms with Crippen molar-refractivity contribution in [2.24, 2.45) is 7.05 Å². The molecule has 0 radical (unpaired) electrons. The van der Waals surface area contributed by atoms with Crippen LogP contribution < -0.4 is 0 Å². The number of rotatable bonds is 2. The molecule has 1 heterocycles. The number of benzene rings is 1. The predicted octanol–water partition coefficient (Wildman–Crippen LogP) is 2.18. The van der Waals surface area contributed by atoms with Crippen molar-refractivity contribution in [3.8, 4) is 0 Å². The number of aryl methyl sites for hydroxylation is 1. The van der Waals surface area contributed by atoms with Crippen molar-refractivity contribution >= 4 is 17.0 Å². The van der Waals surface area contributed by atoms with Gasteiger partial charge in [0.05, 0.1) is 12.1 Å². The van der Waals surface area contributed by atoms with Crippen LogP contribution in [0.5, 0.6) is 0 Å². The van der Waals surface area contributed by atoms with E-state index in [1.54, 1.807) is 6.08 Å². The van der Waals surface area contributed by atoms with Gasteiger partial charge in [0.15, 0.2) is 0 Å². The monoisotopic (exact) mass is 187 g/mol. The summed E-state index contributed by atoms with van der Waals surface area (Å²) >= 11 is 0. The number of nitrogens with zero attached hydrogens (tertiary/aromatic N) is 1. The maximum Gasteiger partial charge on any atom is 0.0615 e. The summed E-state index contributed by atoms with van der Waals surface area (Å²) in [6.45, 7) is 0.0841. The summed E-state index contributed by atoms with van der Waals surface area (Å²) in [6, 6.07) is 8.26. The Morgan fingerprint density at radius 2 is 2.21 bits per heavy atom. The molecule has 0 atom stereocenters. The molecule has 0 amide bonds. The molecule has 0 bridgehead atoms. The van der Waals surface area contributed by atoms with Crippen LogP contribution in [0.3, 0.4) is 0 Å². The van der Waals surface area contributed by atoms with Gasteiger partial charge < -0.3 is 9.67 Å². The van der Waals surface area contributed by atoms with Crippen molar-refractivity contribution in [3.05, 3.63) is 42.1 Å². The molecule has 0 fully saturated rings. The van der Waals surface area contributed by atoms with Gasteiger partial charge in [-0.25, -0.2) is 0 Å². The smallest absolute Gasteiger partial charge is 0.0615 e. The molecule has 72 valence electrons. The fraction of sp³-hybridized carbons (Fsp3) is 0.167. The molecule has 14 heavy (non-hydrogen) atoms. The lowest BCUT2D eigenvalue weighted by Gasteiger charge is -2.00. The van der Waals surface area contributed by atoms with Crippen molar-refractivity contribution in [1.29, 1.82) is 0 Å². The Kier molecular flexibility index (Phi) is 2.37. The Morgan fingerprint density at radius 3 is 3.00 bits per heavy atom. The van der Waals surface area contributed by atoms with E-state index in [1.165, 1.54) is 10.9 Å². The number of hydrogen-bond acceptors (Lipinski definition) is 1. The molecule has 2 nitrogen and oxygen atoms in total. The summed E-state index contributed by atoms with van der Waals surface area (Å²) in [5.41, 5.74) is 2.35. The molecular weight excluding hydrogens is 174 g/mol. The van der Waals surface area contributed by atoms with Gasteiger partial charge in [0, 0.05) is 18.6 Å². The molecule has 0 saturated carbocycles. The number of para-hydroxylation sites is 1. The first-order valence-corrected chi connectivity index (χ1v) is 4.64. The maximum atomic E-state index is 8.73. The zero-order valence-corrected chi connectivity index (χ0v) is 8.14. The fourth-order valence-electron chi connectivity index (χ4n) is 1.70. The van der Waals surface area contributed by atoms with E-state index in [9.17, 15) is 0 Å². The van der Waals surface area contributed by atoms with Gasteiger partial charge in [0.2, 0.25) is 0 Å². The average molecular weight is 187 g/mol. The SMILES string of the molecule is Cn1ccc2cccc(/C=C/CO)c21. The van der Waals surface area contributed by atoms with E-state index < -0.39 is 0 Å². The van der Waals surface area contributed by atoms with E-state index in [-0.39, 0.29) is 6.61 Å². The van der Waals surface area contributed by atoms with Crippen LogP contribution in [0.2, 0.25) is 0 Å². The van der Waals surface area contributed by atoms with Gasteiger partial charge in [-0.15, -0.1) is 0 Å². The van der Waals surface area contributed by atoms with Gasteiger partial charge in [-0.3, -0.25) is 0 Å². The standard InChI is InChI=1S/C12H13NO/c1-13-8-7-11-5-2-4-10(12(11)13)6-3-9-14/h2-8,14H,9H2,1H3/b6-3+. The summed E-state index contributed by atoms with van der Waals surface area (Å²) in [4.78, 5) is 0. The van der Waals surface area contributed by atoms with Crippen LogP contribution in [-0.4, -0.2) is 16.3 Å². The van der Waals surface area contributed by atoms with Crippen LogP contribution in [-0.2, 0) is 7.05 Å². The van der Waals surface area contributed by atoms with E-state index in [2.05, 4.69) is 22.8 Å². The van der Waals surface area contributed by atoms with E-state index >= 15 is 0 Å². The molecular formula is C12H13NO. The number of aromatic nitrogens is 1. The fourth-order valence-corrected chi connectivity index (χ4v) is 1.70. The molecule has 0 saturated heterocycles. The maximum absolute atomic E-state index is 8.73. The lowest BCUT2D eigenvalue weighted by molar-refractivity contribution is 0.343. The van der Waals surface area contributed by atoms with E-state index in [0.29, 0.717) is 0 Å². The molecule has 2 aromatic rings. The first-order chi connectivity index (χ1) is 6.83. The Bertz CT molecular complexity index is 468. The number of hydrogen-bond donors (Lipinski definition) is 1. The van der Waals surface area contributed by atoms with Gasteiger partial charge in [-0.05, 0) is 11.6 Å². The molecule has 0 unspecified atom stereocenters.